The minimum absolute atomic E-state index is 0.262. The number of carbonyl (C=O) groups is 1. The third-order valence-corrected chi connectivity index (χ3v) is 2.94. The Bertz CT molecular complexity index is 707. The first-order chi connectivity index (χ1) is 9.60. The van der Waals surface area contributed by atoms with E-state index in [4.69, 9.17) is 5.26 Å². The average molecular weight is 266 g/mol. The van der Waals surface area contributed by atoms with Gasteiger partial charge < -0.3 is 5.32 Å². The molecule has 1 aromatic carbocycles. The number of benzene rings is 1. The summed E-state index contributed by atoms with van der Waals surface area (Å²) in [6.45, 7) is 3.77. The monoisotopic (exact) mass is 266 g/mol. The molecular formula is C15H14N4O. The number of aromatic nitrogens is 2. The van der Waals surface area contributed by atoms with Gasteiger partial charge >= 0.3 is 0 Å². The molecule has 0 unspecified atom stereocenters. The molecule has 20 heavy (non-hydrogen) atoms. The van der Waals surface area contributed by atoms with Gasteiger partial charge in [0.1, 0.15) is 0 Å². The molecule has 2 N–H and O–H groups in total. The molecule has 5 heteroatoms. The lowest BCUT2D eigenvalue weighted by Crippen LogP contribution is -2.09. The number of nitriles is 1. The molecule has 2 rings (SSSR count). The number of rotatable bonds is 3. The van der Waals surface area contributed by atoms with E-state index in [0.29, 0.717) is 11.4 Å². The van der Waals surface area contributed by atoms with Crippen molar-refractivity contribution >= 4 is 17.8 Å². The summed E-state index contributed by atoms with van der Waals surface area (Å²) in [5.41, 5.74) is 3.20. The summed E-state index contributed by atoms with van der Waals surface area (Å²) < 4.78 is 0. The SMILES string of the molecule is Cc1[nH]nc(NC(=O)/C=C/c2cccc(C#N)c2)c1C. The number of hydrogen-bond acceptors (Lipinski definition) is 3. The van der Waals surface area contributed by atoms with Gasteiger partial charge in [-0.25, -0.2) is 0 Å². The number of H-pyrrole nitrogens is 1. The van der Waals surface area contributed by atoms with E-state index in [0.717, 1.165) is 16.8 Å². The quantitative estimate of drug-likeness (QED) is 0.837. The zero-order valence-corrected chi connectivity index (χ0v) is 11.3. The molecule has 1 aromatic heterocycles. The van der Waals surface area contributed by atoms with Crippen LogP contribution in [0.25, 0.3) is 6.08 Å². The molecule has 0 aliphatic heterocycles. The maximum absolute atomic E-state index is 11.8. The fourth-order valence-corrected chi connectivity index (χ4v) is 1.65. The summed E-state index contributed by atoms with van der Waals surface area (Å²) >= 11 is 0. The van der Waals surface area contributed by atoms with Crippen LogP contribution in [0.15, 0.2) is 30.3 Å². The Morgan fingerprint density at radius 2 is 2.25 bits per heavy atom. The topological polar surface area (TPSA) is 81.6 Å². The normalized spacial score (nSPS) is 10.4. The fourth-order valence-electron chi connectivity index (χ4n) is 1.65. The standard InChI is InChI=1S/C15H14N4O/c1-10-11(2)18-19-15(10)17-14(20)7-6-12-4-3-5-13(8-12)9-16/h3-8H,1-2H3,(H2,17,18,19,20)/b7-6+. The molecule has 0 aliphatic rings. The van der Waals surface area contributed by atoms with E-state index in [1.165, 1.54) is 6.08 Å². The molecule has 1 amide bonds. The van der Waals surface area contributed by atoms with Crippen LogP contribution in [0.2, 0.25) is 0 Å². The maximum Gasteiger partial charge on any atom is 0.249 e. The van der Waals surface area contributed by atoms with Crippen molar-refractivity contribution in [3.05, 3.63) is 52.7 Å². The number of amides is 1. The fraction of sp³-hybridized carbons (Fsp3) is 0.133. The summed E-state index contributed by atoms with van der Waals surface area (Å²) in [7, 11) is 0. The predicted octanol–water partition coefficient (Wildman–Crippen LogP) is 2.55. The number of aryl methyl sites for hydroxylation is 1. The lowest BCUT2D eigenvalue weighted by atomic mass is 10.1. The van der Waals surface area contributed by atoms with Gasteiger partial charge in [-0.15, -0.1) is 0 Å². The van der Waals surface area contributed by atoms with Crippen LogP contribution in [0.1, 0.15) is 22.4 Å². The number of nitrogens with one attached hydrogen (secondary N) is 2. The summed E-state index contributed by atoms with van der Waals surface area (Å²) in [5.74, 6) is 0.268. The van der Waals surface area contributed by atoms with Gasteiger partial charge in [0.15, 0.2) is 5.82 Å². The molecule has 0 saturated carbocycles. The van der Waals surface area contributed by atoms with Gasteiger partial charge in [0.2, 0.25) is 5.91 Å². The highest BCUT2D eigenvalue weighted by Gasteiger charge is 2.06. The van der Waals surface area contributed by atoms with Crippen LogP contribution in [0.5, 0.6) is 0 Å². The molecule has 2 aromatic rings. The number of hydrogen-bond donors (Lipinski definition) is 2. The molecular weight excluding hydrogens is 252 g/mol. The maximum atomic E-state index is 11.8. The van der Waals surface area contributed by atoms with E-state index in [1.807, 2.05) is 19.9 Å². The van der Waals surface area contributed by atoms with Gasteiger partial charge in [-0.1, -0.05) is 12.1 Å². The predicted molar refractivity (Wildman–Crippen MR) is 76.9 cm³/mol. The summed E-state index contributed by atoms with van der Waals surface area (Å²) in [6.07, 6.45) is 3.07. The van der Waals surface area contributed by atoms with E-state index < -0.39 is 0 Å². The molecule has 0 saturated heterocycles. The van der Waals surface area contributed by atoms with Gasteiger partial charge in [0.25, 0.3) is 0 Å². The summed E-state index contributed by atoms with van der Waals surface area (Å²) in [5, 5.41) is 18.3. The molecule has 0 spiro atoms. The van der Waals surface area contributed by atoms with Crippen molar-refractivity contribution in [2.75, 3.05) is 5.32 Å². The molecule has 1 heterocycles. The van der Waals surface area contributed by atoms with Gasteiger partial charge in [-0.3, -0.25) is 9.89 Å². The number of carbonyl (C=O) groups excluding carboxylic acids is 1. The lowest BCUT2D eigenvalue weighted by Gasteiger charge is -1.99. The Morgan fingerprint density at radius 3 is 2.90 bits per heavy atom. The van der Waals surface area contributed by atoms with Crippen molar-refractivity contribution in [2.24, 2.45) is 0 Å². The van der Waals surface area contributed by atoms with Crippen molar-refractivity contribution in [2.45, 2.75) is 13.8 Å². The van der Waals surface area contributed by atoms with Crippen LogP contribution >= 0.6 is 0 Å². The highest BCUT2D eigenvalue weighted by Crippen LogP contribution is 2.13. The molecule has 0 bridgehead atoms. The second kappa shape index (κ2) is 5.85. The van der Waals surface area contributed by atoms with E-state index in [1.54, 1.807) is 24.3 Å². The van der Waals surface area contributed by atoms with E-state index in [-0.39, 0.29) is 5.91 Å². The Balaban J connectivity index is 2.06. The van der Waals surface area contributed by atoms with Gasteiger partial charge in [0, 0.05) is 17.3 Å². The van der Waals surface area contributed by atoms with Crippen molar-refractivity contribution in [3.63, 3.8) is 0 Å². The zero-order valence-electron chi connectivity index (χ0n) is 11.3. The van der Waals surface area contributed by atoms with Crippen LogP contribution in [0.3, 0.4) is 0 Å². The largest absolute Gasteiger partial charge is 0.305 e. The van der Waals surface area contributed by atoms with Crippen LogP contribution in [-0.2, 0) is 4.79 Å². The Hall–Kier alpha value is -2.87. The highest BCUT2D eigenvalue weighted by molar-refractivity contribution is 6.01. The first kappa shape index (κ1) is 13.6. The molecule has 0 radical (unpaired) electrons. The molecule has 100 valence electrons. The van der Waals surface area contributed by atoms with Crippen LogP contribution < -0.4 is 5.32 Å². The van der Waals surface area contributed by atoms with Gasteiger partial charge in [0.05, 0.1) is 11.6 Å². The highest BCUT2D eigenvalue weighted by atomic mass is 16.1. The number of nitrogens with zero attached hydrogens (tertiary/aromatic N) is 2. The molecule has 5 nitrogen and oxygen atoms in total. The second-order valence-corrected chi connectivity index (χ2v) is 4.38. The second-order valence-electron chi connectivity index (χ2n) is 4.38. The molecule has 0 fully saturated rings. The summed E-state index contributed by atoms with van der Waals surface area (Å²) in [6, 6.07) is 9.09. The van der Waals surface area contributed by atoms with E-state index >= 15 is 0 Å². The Kier molecular flexibility index (Phi) is 3.96. The van der Waals surface area contributed by atoms with Crippen LogP contribution in [-0.4, -0.2) is 16.1 Å². The third kappa shape index (κ3) is 3.12. The van der Waals surface area contributed by atoms with Crippen LogP contribution in [0, 0.1) is 25.2 Å². The molecule has 0 atom stereocenters. The third-order valence-electron chi connectivity index (χ3n) is 2.94. The van der Waals surface area contributed by atoms with Gasteiger partial charge in [-0.2, -0.15) is 10.4 Å². The van der Waals surface area contributed by atoms with E-state index in [9.17, 15) is 4.79 Å². The Labute approximate surface area is 116 Å². The minimum Gasteiger partial charge on any atom is -0.305 e. The van der Waals surface area contributed by atoms with Crippen LogP contribution in [0.4, 0.5) is 5.82 Å². The zero-order chi connectivity index (χ0) is 14.5. The van der Waals surface area contributed by atoms with E-state index in [2.05, 4.69) is 21.6 Å². The van der Waals surface area contributed by atoms with Crippen molar-refractivity contribution in [3.8, 4) is 6.07 Å². The lowest BCUT2D eigenvalue weighted by molar-refractivity contribution is -0.111. The van der Waals surface area contributed by atoms with Crippen molar-refractivity contribution in [1.82, 2.24) is 10.2 Å². The number of anilines is 1. The minimum atomic E-state index is -0.262. The van der Waals surface area contributed by atoms with Crippen molar-refractivity contribution < 1.29 is 4.79 Å². The Morgan fingerprint density at radius 1 is 1.45 bits per heavy atom. The average Bonchev–Trinajstić information content (AvgIpc) is 2.77. The molecule has 0 aliphatic carbocycles. The smallest absolute Gasteiger partial charge is 0.249 e. The first-order valence-corrected chi connectivity index (χ1v) is 6.11. The summed E-state index contributed by atoms with van der Waals surface area (Å²) in [4.78, 5) is 11.8. The first-order valence-electron chi connectivity index (χ1n) is 6.11. The van der Waals surface area contributed by atoms with Crippen molar-refractivity contribution in [1.29, 1.82) is 5.26 Å². The van der Waals surface area contributed by atoms with Gasteiger partial charge in [-0.05, 0) is 37.6 Å². The number of aromatic amines is 1.